The molecule has 212 valence electrons. The fourth-order valence-corrected chi connectivity index (χ4v) is 4.20. The third kappa shape index (κ3) is 21.4. The lowest BCUT2D eigenvalue weighted by Gasteiger charge is -2.30. The van der Waals surface area contributed by atoms with Crippen LogP contribution in [0.2, 0.25) is 0 Å². The van der Waals surface area contributed by atoms with Gasteiger partial charge in [-0.1, -0.05) is 26.7 Å². The van der Waals surface area contributed by atoms with E-state index in [9.17, 15) is 0 Å². The number of nitrogens with one attached hydrogen (secondary N) is 2. The summed E-state index contributed by atoms with van der Waals surface area (Å²) in [5.41, 5.74) is 23.0. The zero-order valence-corrected chi connectivity index (χ0v) is 23.4. The van der Waals surface area contributed by atoms with Crippen molar-refractivity contribution in [1.82, 2.24) is 30.2 Å². The van der Waals surface area contributed by atoms with Crippen molar-refractivity contribution in [2.75, 3.05) is 131 Å². The Balaban J connectivity index is 4.67. The van der Waals surface area contributed by atoms with Gasteiger partial charge in [0.15, 0.2) is 0 Å². The quantitative estimate of drug-likeness (QED) is 0.0694. The van der Waals surface area contributed by atoms with Gasteiger partial charge in [-0.05, 0) is 19.5 Å². The van der Waals surface area contributed by atoms with Crippen LogP contribution in [0.4, 0.5) is 0 Å². The molecule has 0 rings (SSSR count). The van der Waals surface area contributed by atoms with Crippen molar-refractivity contribution in [1.29, 1.82) is 0 Å². The zero-order chi connectivity index (χ0) is 26.0. The van der Waals surface area contributed by atoms with Gasteiger partial charge in [-0.25, -0.2) is 0 Å². The lowest BCUT2D eigenvalue weighted by atomic mass is 10.2. The largest absolute Gasteiger partial charge is 0.329 e. The third-order valence-corrected chi connectivity index (χ3v) is 6.46. The molecule has 0 atom stereocenters. The van der Waals surface area contributed by atoms with Crippen LogP contribution in [0.25, 0.3) is 0 Å². The molecule has 0 aliphatic carbocycles. The maximum atomic E-state index is 5.81. The Labute approximate surface area is 217 Å². The van der Waals surface area contributed by atoms with E-state index >= 15 is 0 Å². The molecular weight excluding hydrogens is 440 g/mol. The molecule has 10 N–H and O–H groups in total. The lowest BCUT2D eigenvalue weighted by molar-refractivity contribution is 0.175. The van der Waals surface area contributed by atoms with Gasteiger partial charge in [0.05, 0.1) is 0 Å². The van der Waals surface area contributed by atoms with Crippen LogP contribution >= 0.6 is 0 Å². The molecule has 0 amide bonds. The first-order chi connectivity index (χ1) is 17.1. The Bertz CT molecular complexity index is 410. The van der Waals surface area contributed by atoms with Crippen molar-refractivity contribution in [3.63, 3.8) is 0 Å². The van der Waals surface area contributed by atoms with E-state index in [0.29, 0.717) is 19.6 Å². The summed E-state index contributed by atoms with van der Waals surface area (Å²) in [6.45, 7) is 23.6. The Kier molecular flexibility index (Phi) is 26.4. The normalized spacial score (nSPS) is 12.2. The molecule has 0 spiro atoms. The summed E-state index contributed by atoms with van der Waals surface area (Å²) >= 11 is 0. The van der Waals surface area contributed by atoms with Crippen molar-refractivity contribution < 1.29 is 0 Å². The van der Waals surface area contributed by atoms with Crippen molar-refractivity contribution >= 4 is 0 Å². The minimum absolute atomic E-state index is 0.686. The minimum atomic E-state index is 0.686. The lowest BCUT2D eigenvalue weighted by Crippen LogP contribution is -2.45. The fraction of sp³-hybridized carbons (Fsp3) is 1.00. The van der Waals surface area contributed by atoms with Crippen LogP contribution in [0.3, 0.4) is 0 Å². The van der Waals surface area contributed by atoms with Gasteiger partial charge in [-0.15, -0.1) is 0 Å². The zero-order valence-electron chi connectivity index (χ0n) is 23.4. The second kappa shape index (κ2) is 26.7. The Morgan fingerprint density at radius 3 is 1.31 bits per heavy atom. The molecule has 35 heavy (non-hydrogen) atoms. The topological polar surface area (TPSA) is 141 Å². The summed E-state index contributed by atoms with van der Waals surface area (Å²) in [6, 6.07) is 0. The highest BCUT2D eigenvalue weighted by Crippen LogP contribution is 2.01. The van der Waals surface area contributed by atoms with Gasteiger partial charge in [-0.3, -0.25) is 9.80 Å². The predicted octanol–water partition coefficient (Wildman–Crippen LogP) is -1.58. The highest BCUT2D eigenvalue weighted by molar-refractivity contribution is 4.70. The number of hydrogen-bond acceptors (Lipinski definition) is 10. The minimum Gasteiger partial charge on any atom is -0.329 e. The van der Waals surface area contributed by atoms with Gasteiger partial charge in [0.1, 0.15) is 0 Å². The summed E-state index contributed by atoms with van der Waals surface area (Å²) in [5.74, 6) is 0. The molecule has 0 radical (unpaired) electrons. The number of likely N-dealkylation sites (N-methyl/N-ethyl adjacent to an activating group) is 1. The van der Waals surface area contributed by atoms with Crippen molar-refractivity contribution in [3.05, 3.63) is 0 Å². The van der Waals surface area contributed by atoms with Crippen molar-refractivity contribution in [2.45, 2.75) is 33.1 Å². The molecule has 0 aliphatic heterocycles. The average molecular weight is 503 g/mol. The van der Waals surface area contributed by atoms with Crippen molar-refractivity contribution in [3.8, 4) is 0 Å². The maximum Gasteiger partial charge on any atom is 0.0110 e. The van der Waals surface area contributed by atoms with Crippen LogP contribution in [-0.4, -0.2) is 150 Å². The molecule has 0 aliphatic rings. The van der Waals surface area contributed by atoms with Crippen LogP contribution in [0, 0.1) is 0 Å². The van der Waals surface area contributed by atoms with E-state index < -0.39 is 0 Å². The van der Waals surface area contributed by atoms with Gasteiger partial charge >= 0.3 is 0 Å². The van der Waals surface area contributed by atoms with E-state index in [1.807, 2.05) is 0 Å². The molecule has 10 heteroatoms. The SMILES string of the molecule is CCCCCN(CCN(CCN)CCN)CCN(CCNCCN)CCNCCN(CC)CCN. The second-order valence-corrected chi connectivity index (χ2v) is 9.32. The summed E-state index contributed by atoms with van der Waals surface area (Å²) in [5, 5.41) is 7.08. The summed E-state index contributed by atoms with van der Waals surface area (Å²) in [7, 11) is 0. The number of nitrogens with two attached hydrogens (primary N) is 4. The van der Waals surface area contributed by atoms with Gasteiger partial charge in [0.2, 0.25) is 0 Å². The van der Waals surface area contributed by atoms with Crippen molar-refractivity contribution in [2.24, 2.45) is 22.9 Å². The summed E-state index contributed by atoms with van der Waals surface area (Å²) in [4.78, 5) is 10.0. The Morgan fingerprint density at radius 2 is 0.857 bits per heavy atom. The molecule has 0 aromatic rings. The first-order valence-electron chi connectivity index (χ1n) is 14.3. The molecule has 0 heterocycles. The van der Waals surface area contributed by atoms with Crippen LogP contribution in [0.15, 0.2) is 0 Å². The molecule has 0 aromatic heterocycles. The Morgan fingerprint density at radius 1 is 0.429 bits per heavy atom. The first kappa shape index (κ1) is 34.6. The molecule has 0 bridgehead atoms. The van der Waals surface area contributed by atoms with Gasteiger partial charge in [0.25, 0.3) is 0 Å². The van der Waals surface area contributed by atoms with Gasteiger partial charge < -0.3 is 43.4 Å². The van der Waals surface area contributed by atoms with E-state index in [1.54, 1.807) is 0 Å². The Hall–Kier alpha value is -0.400. The third-order valence-electron chi connectivity index (χ3n) is 6.46. The van der Waals surface area contributed by atoms with Gasteiger partial charge in [0, 0.05) is 118 Å². The second-order valence-electron chi connectivity index (χ2n) is 9.32. The van der Waals surface area contributed by atoms with E-state index in [-0.39, 0.29) is 0 Å². The molecule has 0 fully saturated rings. The van der Waals surface area contributed by atoms with Crippen LogP contribution < -0.4 is 33.6 Å². The smallest absolute Gasteiger partial charge is 0.0110 e. The first-order valence-corrected chi connectivity index (χ1v) is 14.3. The summed E-state index contributed by atoms with van der Waals surface area (Å²) in [6.07, 6.45) is 3.81. The number of hydrogen-bond donors (Lipinski definition) is 6. The van der Waals surface area contributed by atoms with Crippen LogP contribution in [0.5, 0.6) is 0 Å². The highest BCUT2D eigenvalue weighted by atomic mass is 15.2. The summed E-state index contributed by atoms with van der Waals surface area (Å²) < 4.78 is 0. The van der Waals surface area contributed by atoms with E-state index in [2.05, 4.69) is 44.1 Å². The highest BCUT2D eigenvalue weighted by Gasteiger charge is 2.12. The van der Waals surface area contributed by atoms with Gasteiger partial charge in [-0.2, -0.15) is 0 Å². The van der Waals surface area contributed by atoms with E-state index in [4.69, 9.17) is 22.9 Å². The maximum absolute atomic E-state index is 5.81. The fourth-order valence-electron chi connectivity index (χ4n) is 4.20. The molecular formula is C25H62N10. The van der Waals surface area contributed by atoms with E-state index in [0.717, 1.165) is 105 Å². The standard InChI is InChI=1S/C25H62N10/c1-3-5-6-15-33(22-24-34(17-9-28)18-10-29)23-25-35(20-13-30-11-7-26)21-14-31-12-19-32(4-2)16-8-27/h30-31H,3-29H2,1-2H3. The molecule has 0 saturated heterocycles. The number of nitrogens with zero attached hydrogens (tertiary/aromatic N) is 4. The van der Waals surface area contributed by atoms with Crippen LogP contribution in [-0.2, 0) is 0 Å². The molecule has 0 unspecified atom stereocenters. The number of rotatable bonds is 28. The van der Waals surface area contributed by atoms with E-state index in [1.165, 1.54) is 25.8 Å². The number of unbranched alkanes of at least 4 members (excludes halogenated alkanes) is 2. The molecule has 0 saturated carbocycles. The predicted molar refractivity (Wildman–Crippen MR) is 153 cm³/mol. The average Bonchev–Trinajstić information content (AvgIpc) is 2.86. The monoisotopic (exact) mass is 503 g/mol. The molecule has 10 nitrogen and oxygen atoms in total. The molecule has 0 aromatic carbocycles. The van der Waals surface area contributed by atoms with Crippen LogP contribution in [0.1, 0.15) is 33.1 Å².